The number of nitrogens with one attached hydrogen (secondary N) is 1. The minimum absolute atomic E-state index is 0.0990. The lowest BCUT2D eigenvalue weighted by Gasteiger charge is -1.95. The van der Waals surface area contributed by atoms with Gasteiger partial charge >= 0.3 is 18.0 Å². The number of carboxylic acids is 1. The lowest BCUT2D eigenvalue weighted by Crippen LogP contribution is -2.00. The highest BCUT2D eigenvalue weighted by atomic mass is 19.1. The lowest BCUT2D eigenvalue weighted by molar-refractivity contribution is -0.136. The molecule has 0 aliphatic carbocycles. The maximum atomic E-state index is 13.2. The molecule has 0 radical (unpaired) electrons. The van der Waals surface area contributed by atoms with Gasteiger partial charge in [-0.15, -0.1) is 0 Å². The molecular weight excluding hydrogens is 317 g/mol. The highest BCUT2D eigenvalue weighted by molar-refractivity contribution is 5.83. The number of benzene rings is 2. The number of aromatic nitrogens is 2. The molecule has 0 aliphatic rings. The summed E-state index contributed by atoms with van der Waals surface area (Å²) in [6, 6.07) is 9.25. The van der Waals surface area contributed by atoms with Gasteiger partial charge in [0.2, 0.25) is 0 Å². The topological polar surface area (TPSA) is 101 Å². The Labute approximate surface area is 133 Å². The fourth-order valence-electron chi connectivity index (χ4n) is 2.41. The minimum atomic E-state index is -0.957. The number of anilines is 2. The summed E-state index contributed by atoms with van der Waals surface area (Å²) >= 11 is 0. The van der Waals surface area contributed by atoms with Gasteiger partial charge in [0.1, 0.15) is 16.9 Å². The second-order valence-corrected chi connectivity index (χ2v) is 5.11. The van der Waals surface area contributed by atoms with E-state index in [4.69, 9.17) is 13.9 Å². The summed E-state index contributed by atoms with van der Waals surface area (Å²) in [5.41, 5.74) is 2.21. The molecular formula is C16H10FN3O4. The molecule has 2 aromatic heterocycles. The Bertz CT molecular complexity index is 1070. The summed E-state index contributed by atoms with van der Waals surface area (Å²) < 4.78 is 24.1. The number of hydrogen-bond acceptors (Lipinski definition) is 6. The predicted octanol–water partition coefficient (Wildman–Crippen LogP) is 3.48. The third kappa shape index (κ3) is 2.54. The van der Waals surface area contributed by atoms with Crippen LogP contribution < -0.4 is 5.32 Å². The fraction of sp³-hybridized carbons (Fsp3) is 0.0625. The number of hydrogen-bond donors (Lipinski definition) is 2. The van der Waals surface area contributed by atoms with Crippen molar-refractivity contribution in [2.75, 3.05) is 5.32 Å². The third-order valence-electron chi connectivity index (χ3n) is 3.41. The van der Waals surface area contributed by atoms with E-state index in [0.717, 1.165) is 0 Å². The van der Waals surface area contributed by atoms with E-state index in [1.54, 1.807) is 18.2 Å². The SMILES string of the molecule is O=C(O)Cc1cccc2oc(Nc3nc4cc(F)ccc4o3)nc12. The molecule has 0 spiro atoms. The molecule has 120 valence electrons. The molecule has 2 N–H and O–H groups in total. The van der Waals surface area contributed by atoms with E-state index in [1.807, 2.05) is 0 Å². The largest absolute Gasteiger partial charge is 0.481 e. The van der Waals surface area contributed by atoms with Crippen molar-refractivity contribution in [3.63, 3.8) is 0 Å². The summed E-state index contributed by atoms with van der Waals surface area (Å²) in [5.74, 6) is -1.37. The van der Waals surface area contributed by atoms with E-state index < -0.39 is 11.8 Å². The van der Waals surface area contributed by atoms with Crippen LogP contribution in [-0.2, 0) is 11.2 Å². The second kappa shape index (κ2) is 5.34. The molecule has 2 heterocycles. The van der Waals surface area contributed by atoms with E-state index in [9.17, 15) is 9.18 Å². The Hall–Kier alpha value is -3.42. The number of fused-ring (bicyclic) bond motifs is 2. The number of carbonyl (C=O) groups is 1. The van der Waals surface area contributed by atoms with Gasteiger partial charge in [-0.2, -0.15) is 9.97 Å². The van der Waals surface area contributed by atoms with Gasteiger partial charge in [-0.1, -0.05) is 12.1 Å². The number of oxazole rings is 2. The zero-order valence-corrected chi connectivity index (χ0v) is 12.1. The van der Waals surface area contributed by atoms with Gasteiger partial charge in [-0.3, -0.25) is 10.1 Å². The Morgan fingerprint density at radius 3 is 2.75 bits per heavy atom. The summed E-state index contributed by atoms with van der Waals surface area (Å²) in [7, 11) is 0. The van der Waals surface area contributed by atoms with Crippen molar-refractivity contribution in [2.45, 2.75) is 6.42 Å². The molecule has 7 nitrogen and oxygen atoms in total. The summed E-state index contributed by atoms with van der Waals surface area (Å²) in [4.78, 5) is 19.2. The van der Waals surface area contributed by atoms with Crippen LogP contribution in [0.2, 0.25) is 0 Å². The molecule has 24 heavy (non-hydrogen) atoms. The van der Waals surface area contributed by atoms with Gasteiger partial charge in [0.15, 0.2) is 11.2 Å². The van der Waals surface area contributed by atoms with Crippen molar-refractivity contribution in [1.29, 1.82) is 0 Å². The monoisotopic (exact) mass is 327 g/mol. The molecule has 0 saturated carbocycles. The molecule has 0 aliphatic heterocycles. The van der Waals surface area contributed by atoms with E-state index >= 15 is 0 Å². The van der Waals surface area contributed by atoms with E-state index in [-0.39, 0.29) is 18.5 Å². The Morgan fingerprint density at radius 2 is 1.92 bits per heavy atom. The standard InChI is InChI=1S/C16H10FN3O4/c17-9-4-5-11-10(7-9)18-15(23-11)20-16-19-14-8(6-13(21)22)2-1-3-12(14)24-16/h1-5,7H,6H2,(H,21,22)(H,18,19,20). The van der Waals surface area contributed by atoms with Gasteiger partial charge in [-0.25, -0.2) is 4.39 Å². The molecule has 4 rings (SSSR count). The van der Waals surface area contributed by atoms with E-state index in [0.29, 0.717) is 27.8 Å². The van der Waals surface area contributed by atoms with Crippen LogP contribution in [0.4, 0.5) is 16.4 Å². The number of aliphatic carboxylic acids is 1. The Morgan fingerprint density at radius 1 is 1.12 bits per heavy atom. The summed E-state index contributed by atoms with van der Waals surface area (Å²) in [5, 5.41) is 11.7. The van der Waals surface area contributed by atoms with Crippen LogP contribution in [0, 0.1) is 5.82 Å². The highest BCUT2D eigenvalue weighted by Gasteiger charge is 2.14. The zero-order valence-electron chi connectivity index (χ0n) is 12.1. The van der Waals surface area contributed by atoms with Crippen molar-refractivity contribution >= 4 is 40.2 Å². The van der Waals surface area contributed by atoms with Gasteiger partial charge in [0.05, 0.1) is 6.42 Å². The number of para-hydroxylation sites is 1. The number of rotatable bonds is 4. The lowest BCUT2D eigenvalue weighted by atomic mass is 10.1. The quantitative estimate of drug-likeness (QED) is 0.591. The second-order valence-electron chi connectivity index (χ2n) is 5.11. The van der Waals surface area contributed by atoms with Crippen LogP contribution in [0.3, 0.4) is 0 Å². The highest BCUT2D eigenvalue weighted by Crippen LogP contribution is 2.26. The molecule has 0 saturated heterocycles. The zero-order chi connectivity index (χ0) is 16.7. The van der Waals surface area contributed by atoms with Crippen LogP contribution in [0.25, 0.3) is 22.2 Å². The molecule has 4 aromatic rings. The molecule has 0 atom stereocenters. The van der Waals surface area contributed by atoms with Crippen LogP contribution >= 0.6 is 0 Å². The van der Waals surface area contributed by atoms with Crippen LogP contribution in [0.5, 0.6) is 0 Å². The molecule has 2 aromatic carbocycles. The van der Waals surface area contributed by atoms with Gasteiger partial charge in [0.25, 0.3) is 0 Å². The summed E-state index contributed by atoms with van der Waals surface area (Å²) in [6.07, 6.45) is -0.161. The van der Waals surface area contributed by atoms with Gasteiger partial charge < -0.3 is 13.9 Å². The number of nitrogens with zero attached hydrogens (tertiary/aromatic N) is 2. The van der Waals surface area contributed by atoms with Crippen molar-refractivity contribution in [3.05, 3.63) is 47.8 Å². The Kier molecular flexibility index (Phi) is 3.16. The van der Waals surface area contributed by atoms with E-state index in [1.165, 1.54) is 18.2 Å². The Balaban J connectivity index is 1.69. The normalized spacial score (nSPS) is 11.2. The van der Waals surface area contributed by atoms with Gasteiger partial charge in [-0.05, 0) is 23.8 Å². The average molecular weight is 327 g/mol. The molecule has 0 amide bonds. The fourth-order valence-corrected chi connectivity index (χ4v) is 2.41. The van der Waals surface area contributed by atoms with Crippen LogP contribution in [0.15, 0.2) is 45.2 Å². The predicted molar refractivity (Wildman–Crippen MR) is 82.6 cm³/mol. The first kappa shape index (κ1) is 14.2. The molecule has 0 fully saturated rings. The minimum Gasteiger partial charge on any atom is -0.481 e. The number of carboxylic acid groups (broad SMARTS) is 1. The van der Waals surface area contributed by atoms with Crippen molar-refractivity contribution in [3.8, 4) is 0 Å². The van der Waals surface area contributed by atoms with Crippen molar-refractivity contribution < 1.29 is 23.1 Å². The average Bonchev–Trinajstić information content (AvgIpc) is 3.10. The third-order valence-corrected chi connectivity index (χ3v) is 3.41. The van der Waals surface area contributed by atoms with E-state index in [2.05, 4.69) is 15.3 Å². The van der Waals surface area contributed by atoms with Gasteiger partial charge in [0, 0.05) is 6.07 Å². The first-order valence-electron chi connectivity index (χ1n) is 7.02. The smallest absolute Gasteiger partial charge is 0.307 e. The first-order valence-corrected chi connectivity index (χ1v) is 7.02. The van der Waals surface area contributed by atoms with Crippen LogP contribution in [-0.4, -0.2) is 21.0 Å². The van der Waals surface area contributed by atoms with Crippen molar-refractivity contribution in [2.24, 2.45) is 0 Å². The maximum Gasteiger partial charge on any atom is 0.307 e. The van der Waals surface area contributed by atoms with Crippen molar-refractivity contribution in [1.82, 2.24) is 9.97 Å². The first-order chi connectivity index (χ1) is 11.6. The molecule has 0 unspecified atom stereocenters. The van der Waals surface area contributed by atoms with Crippen LogP contribution in [0.1, 0.15) is 5.56 Å². The molecule has 8 heteroatoms. The summed E-state index contributed by atoms with van der Waals surface area (Å²) in [6.45, 7) is 0. The number of halogens is 1. The maximum absolute atomic E-state index is 13.2. The molecule has 0 bridgehead atoms.